The monoisotopic (exact) mass is 546 g/mol. The van der Waals surface area contributed by atoms with Crippen molar-refractivity contribution in [2.45, 2.75) is 168 Å². The topological polar surface area (TPSA) is 63.6 Å². The zero-order valence-corrected chi connectivity index (χ0v) is 28.6. The molecule has 0 rings (SSSR count). The first-order valence-corrected chi connectivity index (χ1v) is 14.7. The number of hydrogen-bond donors (Lipinski definition) is 1. The van der Waals surface area contributed by atoms with E-state index in [1.54, 1.807) is 0 Å². The normalized spacial score (nSPS) is 11.6. The van der Waals surface area contributed by atoms with Crippen LogP contribution in [0, 0.1) is 0 Å². The Morgan fingerprint density at radius 1 is 0.667 bits per heavy atom. The molecule has 0 fully saturated rings. The smallest absolute Gasteiger partial charge is 1.00 e. The molecule has 0 saturated carbocycles. The van der Waals surface area contributed by atoms with Crippen molar-refractivity contribution >= 4 is 49.7 Å². The number of unbranched alkanes of at least 4 members (excludes halogenated alkanes) is 16. The van der Waals surface area contributed by atoms with Crippen molar-refractivity contribution in [2.24, 2.45) is 0 Å². The molecule has 0 saturated heterocycles. The molecule has 206 valence electrons. The van der Waals surface area contributed by atoms with Crippen molar-refractivity contribution in [1.29, 1.82) is 0 Å². The van der Waals surface area contributed by atoms with Crippen LogP contribution in [0.3, 0.4) is 0 Å². The zero-order valence-electron chi connectivity index (χ0n) is 27.4. The Morgan fingerprint density at radius 2 is 1.08 bits per heavy atom. The van der Waals surface area contributed by atoms with E-state index >= 15 is 0 Å². The fraction of sp³-hybridized carbons (Fsp3) is 0.867. The largest absolute Gasteiger partial charge is 2.00 e. The molecule has 0 aromatic rings. The van der Waals surface area contributed by atoms with E-state index in [1.165, 1.54) is 64.2 Å². The third-order valence-electron chi connectivity index (χ3n) is 6.43. The molecule has 0 bridgehead atoms. The average Bonchev–Trinajstić information content (AvgIpc) is 2.82. The van der Waals surface area contributed by atoms with E-state index in [9.17, 15) is 14.7 Å². The molecule has 0 aliphatic rings. The average molecular weight is 547 g/mol. The maximum absolute atomic E-state index is 11.8. The molecular weight excluding hydrogens is 487 g/mol. The van der Waals surface area contributed by atoms with Crippen molar-refractivity contribution in [3.63, 3.8) is 0 Å². The third kappa shape index (κ3) is 33.1. The Balaban J connectivity index is -0.000000544. The standard InChI is InChI=1S/C30H56O4.Ca.Na.3H/c1-3-5-7-9-10-11-15-18-22-26-29(32)34-30(33)27-23-19-16-13-12-14-17-21-25-28(31)24-20-8-6-4-2;;;;;/h17,21,28,31H,3-16,18-20,22-27H2,1-2H3;;;;;/q;+2;+1;3*-1/b21-17-;;;;;/t28-;;;;;/m1...../s1. The van der Waals surface area contributed by atoms with Gasteiger partial charge in [0.1, 0.15) is 0 Å². The van der Waals surface area contributed by atoms with Gasteiger partial charge in [-0.25, -0.2) is 0 Å². The van der Waals surface area contributed by atoms with E-state index in [2.05, 4.69) is 26.0 Å². The number of hydrogen-bond acceptors (Lipinski definition) is 4. The molecule has 0 aromatic carbocycles. The van der Waals surface area contributed by atoms with Crippen LogP contribution in [0.25, 0.3) is 0 Å². The molecule has 0 aliphatic heterocycles. The van der Waals surface area contributed by atoms with Gasteiger partial charge in [-0.05, 0) is 38.5 Å². The van der Waals surface area contributed by atoms with E-state index in [0.29, 0.717) is 12.8 Å². The fourth-order valence-corrected chi connectivity index (χ4v) is 4.17. The van der Waals surface area contributed by atoms with Gasteiger partial charge in [0.25, 0.3) is 0 Å². The minimum atomic E-state index is -0.364. The summed E-state index contributed by atoms with van der Waals surface area (Å²) in [6.07, 6.45) is 28.5. The van der Waals surface area contributed by atoms with E-state index in [4.69, 9.17) is 4.74 Å². The number of aliphatic hydroxyl groups is 1. The molecule has 0 heterocycles. The van der Waals surface area contributed by atoms with Crippen LogP contribution in [0.15, 0.2) is 12.2 Å². The van der Waals surface area contributed by atoms with Gasteiger partial charge in [0.05, 0.1) is 6.10 Å². The molecule has 1 N–H and O–H groups in total. The minimum absolute atomic E-state index is 0. The van der Waals surface area contributed by atoms with E-state index in [0.717, 1.165) is 70.6 Å². The van der Waals surface area contributed by atoms with Crippen LogP contribution in [0.4, 0.5) is 0 Å². The summed E-state index contributed by atoms with van der Waals surface area (Å²) in [6, 6.07) is 0. The second-order valence-electron chi connectivity index (χ2n) is 9.94. The van der Waals surface area contributed by atoms with Crippen LogP contribution >= 0.6 is 0 Å². The van der Waals surface area contributed by atoms with Crippen LogP contribution in [0.1, 0.15) is 166 Å². The molecular formula is C30H59CaNaO4. The van der Waals surface area contributed by atoms with E-state index < -0.39 is 0 Å². The Labute approximate surface area is 280 Å². The predicted octanol–water partition coefficient (Wildman–Crippen LogP) is 5.95. The Kier molecular flexibility index (Phi) is 39.4. The molecule has 0 unspecified atom stereocenters. The van der Waals surface area contributed by atoms with Crippen LogP contribution < -0.4 is 29.6 Å². The van der Waals surface area contributed by atoms with Crippen molar-refractivity contribution in [1.82, 2.24) is 0 Å². The molecule has 4 nitrogen and oxygen atoms in total. The van der Waals surface area contributed by atoms with Gasteiger partial charge in [-0.1, -0.05) is 122 Å². The van der Waals surface area contributed by atoms with Gasteiger partial charge in [0.15, 0.2) is 0 Å². The van der Waals surface area contributed by atoms with Crippen LogP contribution in [-0.2, 0) is 14.3 Å². The maximum atomic E-state index is 11.8. The number of allylic oxidation sites excluding steroid dienone is 1. The van der Waals surface area contributed by atoms with Gasteiger partial charge < -0.3 is 14.1 Å². The summed E-state index contributed by atoms with van der Waals surface area (Å²) in [4.78, 5) is 23.6. The Morgan fingerprint density at radius 3 is 1.58 bits per heavy atom. The molecule has 6 heteroatoms. The number of rotatable bonds is 25. The van der Waals surface area contributed by atoms with Crippen molar-refractivity contribution in [3.05, 3.63) is 12.2 Å². The van der Waals surface area contributed by atoms with E-state index in [1.807, 2.05) is 0 Å². The van der Waals surface area contributed by atoms with E-state index in [-0.39, 0.29) is 89.6 Å². The molecule has 0 radical (unpaired) electrons. The zero-order chi connectivity index (χ0) is 25.1. The van der Waals surface area contributed by atoms with Gasteiger partial charge in [-0.3, -0.25) is 9.59 Å². The van der Waals surface area contributed by atoms with Gasteiger partial charge in [-0.15, -0.1) is 0 Å². The summed E-state index contributed by atoms with van der Waals surface area (Å²) in [5, 5.41) is 9.94. The number of carbonyl (C=O) groups excluding carboxylic acids is 2. The summed E-state index contributed by atoms with van der Waals surface area (Å²) in [5.41, 5.74) is 0. The summed E-state index contributed by atoms with van der Waals surface area (Å²) in [7, 11) is 0. The first-order chi connectivity index (χ1) is 16.6. The SMILES string of the molecule is CCCCCCCCCCCC(=O)OC(=O)CCCCCCC/C=C\C[C@H](O)CCCCCC.[Ca+2].[H-].[H-].[H-].[Na+]. The summed E-state index contributed by atoms with van der Waals surface area (Å²) in [5.74, 6) is -0.720. The van der Waals surface area contributed by atoms with Gasteiger partial charge >= 0.3 is 79.2 Å². The number of carbonyl (C=O) groups is 2. The van der Waals surface area contributed by atoms with Crippen molar-refractivity contribution < 1.29 is 53.3 Å². The second-order valence-corrected chi connectivity index (χ2v) is 9.94. The first kappa shape index (κ1) is 41.6. The molecule has 36 heavy (non-hydrogen) atoms. The van der Waals surface area contributed by atoms with Crippen LogP contribution in [0.5, 0.6) is 0 Å². The molecule has 1 atom stereocenters. The number of aliphatic hydroxyl groups excluding tert-OH is 1. The quantitative estimate of drug-likeness (QED) is 0.0506. The van der Waals surface area contributed by atoms with Gasteiger partial charge in [0, 0.05) is 12.8 Å². The van der Waals surface area contributed by atoms with Gasteiger partial charge in [0.2, 0.25) is 0 Å². The van der Waals surface area contributed by atoms with Crippen LogP contribution in [-0.4, -0.2) is 60.9 Å². The Bertz CT molecular complexity index is 515. The van der Waals surface area contributed by atoms with Gasteiger partial charge in [-0.2, -0.15) is 0 Å². The summed E-state index contributed by atoms with van der Waals surface area (Å²) >= 11 is 0. The maximum Gasteiger partial charge on any atom is 2.00 e. The second kappa shape index (κ2) is 34.1. The van der Waals surface area contributed by atoms with Crippen LogP contribution in [0.2, 0.25) is 0 Å². The molecule has 0 amide bonds. The molecule has 0 spiro atoms. The minimum Gasteiger partial charge on any atom is -1.00 e. The van der Waals surface area contributed by atoms with Crippen molar-refractivity contribution in [2.75, 3.05) is 0 Å². The summed E-state index contributed by atoms with van der Waals surface area (Å²) in [6.45, 7) is 4.44. The first-order valence-electron chi connectivity index (χ1n) is 14.7. The number of ether oxygens (including phenoxy) is 1. The molecule has 0 aliphatic carbocycles. The predicted molar refractivity (Wildman–Crippen MR) is 153 cm³/mol. The summed E-state index contributed by atoms with van der Waals surface area (Å²) < 4.78 is 4.94. The Hall–Kier alpha value is 1.10. The fourth-order valence-electron chi connectivity index (χ4n) is 4.17. The third-order valence-corrected chi connectivity index (χ3v) is 6.43. The molecule has 0 aromatic heterocycles. The van der Waals surface area contributed by atoms with Crippen molar-refractivity contribution in [3.8, 4) is 0 Å². The number of esters is 2.